The van der Waals surface area contributed by atoms with Crippen LogP contribution in [0.4, 0.5) is 10.5 Å². The van der Waals surface area contributed by atoms with Crippen molar-refractivity contribution in [2.75, 3.05) is 18.5 Å². The van der Waals surface area contributed by atoms with Crippen molar-refractivity contribution in [1.29, 1.82) is 0 Å². The molecule has 1 aliphatic heterocycles. The average molecular weight is 292 g/mol. The molecule has 0 bridgehead atoms. The van der Waals surface area contributed by atoms with Gasteiger partial charge in [-0.15, -0.1) is 0 Å². The maximum Gasteiger partial charge on any atom is 0.336 e. The van der Waals surface area contributed by atoms with Gasteiger partial charge in [0.15, 0.2) is 0 Å². The van der Waals surface area contributed by atoms with Gasteiger partial charge in [0, 0.05) is 18.8 Å². The second-order valence-electron chi connectivity index (χ2n) is 5.24. The highest BCUT2D eigenvalue weighted by molar-refractivity contribution is 5.94. The number of ether oxygens (including phenoxy) is 1. The number of carboxylic acid groups (broad SMARTS) is 1. The summed E-state index contributed by atoms with van der Waals surface area (Å²) in [6, 6.07) is 2.87. The first-order valence-corrected chi connectivity index (χ1v) is 6.98. The maximum absolute atomic E-state index is 11.8. The Bertz CT molecular complexity index is 551. The number of carbonyl (C=O) groups excluding carboxylic acids is 1. The predicted octanol–water partition coefficient (Wildman–Crippen LogP) is 2.30. The van der Waals surface area contributed by atoms with Crippen molar-refractivity contribution >= 4 is 17.7 Å². The minimum absolute atomic E-state index is 0.0742. The molecule has 0 saturated carbocycles. The SMILES string of the molecule is Cc1cc(NC(=O)NCC2CCCO2)cc(C(=O)O)c1C. The summed E-state index contributed by atoms with van der Waals surface area (Å²) in [5, 5.41) is 14.5. The van der Waals surface area contributed by atoms with E-state index in [1.165, 1.54) is 6.07 Å². The molecule has 1 atom stereocenters. The first-order chi connectivity index (χ1) is 9.97. The molecule has 21 heavy (non-hydrogen) atoms. The van der Waals surface area contributed by atoms with E-state index in [4.69, 9.17) is 9.84 Å². The third kappa shape index (κ3) is 3.95. The first-order valence-electron chi connectivity index (χ1n) is 6.98. The molecule has 2 rings (SSSR count). The Morgan fingerprint density at radius 3 is 2.76 bits per heavy atom. The number of hydrogen-bond donors (Lipinski definition) is 3. The Labute approximate surface area is 123 Å². The van der Waals surface area contributed by atoms with Crippen LogP contribution in [0.3, 0.4) is 0 Å². The van der Waals surface area contributed by atoms with Crippen molar-refractivity contribution in [2.24, 2.45) is 0 Å². The minimum Gasteiger partial charge on any atom is -0.478 e. The lowest BCUT2D eigenvalue weighted by atomic mass is 10.0. The maximum atomic E-state index is 11.8. The lowest BCUT2D eigenvalue weighted by Gasteiger charge is -2.13. The van der Waals surface area contributed by atoms with E-state index in [1.54, 1.807) is 13.0 Å². The van der Waals surface area contributed by atoms with Crippen LogP contribution in [0.1, 0.15) is 34.3 Å². The number of rotatable bonds is 4. The number of carboxylic acids is 1. The number of aromatic carboxylic acids is 1. The van der Waals surface area contributed by atoms with Gasteiger partial charge in [0.1, 0.15) is 0 Å². The molecule has 2 amide bonds. The van der Waals surface area contributed by atoms with Gasteiger partial charge in [-0.05, 0) is 49.9 Å². The fraction of sp³-hybridized carbons (Fsp3) is 0.467. The normalized spacial score (nSPS) is 17.5. The molecule has 0 aliphatic carbocycles. The van der Waals surface area contributed by atoms with Crippen LogP contribution in [-0.4, -0.2) is 36.4 Å². The van der Waals surface area contributed by atoms with Crippen LogP contribution in [0.5, 0.6) is 0 Å². The van der Waals surface area contributed by atoms with E-state index in [1.807, 2.05) is 6.92 Å². The number of anilines is 1. The van der Waals surface area contributed by atoms with Crippen molar-refractivity contribution in [3.63, 3.8) is 0 Å². The largest absolute Gasteiger partial charge is 0.478 e. The molecular formula is C15H20N2O4. The molecule has 0 spiro atoms. The van der Waals surface area contributed by atoms with E-state index in [0.717, 1.165) is 25.0 Å². The van der Waals surface area contributed by atoms with Gasteiger partial charge in [-0.25, -0.2) is 9.59 Å². The Balaban J connectivity index is 1.98. The smallest absolute Gasteiger partial charge is 0.336 e. The van der Waals surface area contributed by atoms with Gasteiger partial charge in [0.05, 0.1) is 11.7 Å². The summed E-state index contributed by atoms with van der Waals surface area (Å²) in [4.78, 5) is 23.0. The van der Waals surface area contributed by atoms with Gasteiger partial charge in [-0.2, -0.15) is 0 Å². The van der Waals surface area contributed by atoms with Crippen molar-refractivity contribution < 1.29 is 19.4 Å². The van der Waals surface area contributed by atoms with Gasteiger partial charge in [-0.3, -0.25) is 0 Å². The zero-order valence-electron chi connectivity index (χ0n) is 12.2. The predicted molar refractivity (Wildman–Crippen MR) is 78.9 cm³/mol. The molecular weight excluding hydrogens is 272 g/mol. The first kappa shape index (κ1) is 15.3. The molecule has 1 heterocycles. The minimum atomic E-state index is -1.00. The summed E-state index contributed by atoms with van der Waals surface area (Å²) < 4.78 is 5.42. The molecule has 6 nitrogen and oxygen atoms in total. The quantitative estimate of drug-likeness (QED) is 0.794. The van der Waals surface area contributed by atoms with Crippen molar-refractivity contribution in [2.45, 2.75) is 32.8 Å². The Kier molecular flexibility index (Phi) is 4.80. The highest BCUT2D eigenvalue weighted by Crippen LogP contribution is 2.20. The summed E-state index contributed by atoms with van der Waals surface area (Å²) in [7, 11) is 0. The molecule has 1 unspecified atom stereocenters. The van der Waals surface area contributed by atoms with Gasteiger partial charge in [0.2, 0.25) is 0 Å². The number of hydrogen-bond acceptors (Lipinski definition) is 3. The third-order valence-electron chi connectivity index (χ3n) is 3.67. The summed E-state index contributed by atoms with van der Waals surface area (Å²) >= 11 is 0. The monoisotopic (exact) mass is 292 g/mol. The average Bonchev–Trinajstić information content (AvgIpc) is 2.93. The number of amides is 2. The van der Waals surface area contributed by atoms with E-state index in [0.29, 0.717) is 17.8 Å². The van der Waals surface area contributed by atoms with Gasteiger partial charge >= 0.3 is 12.0 Å². The van der Waals surface area contributed by atoms with Crippen molar-refractivity contribution in [1.82, 2.24) is 5.32 Å². The van der Waals surface area contributed by atoms with Crippen molar-refractivity contribution in [3.05, 3.63) is 28.8 Å². The number of urea groups is 1. The van der Waals surface area contributed by atoms with Crippen LogP contribution in [-0.2, 0) is 4.74 Å². The summed E-state index contributed by atoms with van der Waals surface area (Å²) in [5.74, 6) is -1.00. The molecule has 0 radical (unpaired) electrons. The van der Waals surface area contributed by atoms with E-state index >= 15 is 0 Å². The molecule has 1 aliphatic rings. The number of benzene rings is 1. The highest BCUT2D eigenvalue weighted by atomic mass is 16.5. The molecule has 1 saturated heterocycles. The summed E-state index contributed by atoms with van der Waals surface area (Å²) in [6.07, 6.45) is 2.05. The fourth-order valence-corrected chi connectivity index (χ4v) is 2.34. The van der Waals surface area contributed by atoms with Crippen LogP contribution >= 0.6 is 0 Å². The Hall–Kier alpha value is -2.08. The molecule has 1 aromatic carbocycles. The van der Waals surface area contributed by atoms with Crippen LogP contribution in [0.25, 0.3) is 0 Å². The standard InChI is InChI=1S/C15H20N2O4/c1-9-6-11(7-13(10(9)2)14(18)19)17-15(20)16-8-12-4-3-5-21-12/h6-7,12H,3-5,8H2,1-2H3,(H,18,19)(H2,16,17,20). The molecule has 1 aromatic rings. The van der Waals surface area contributed by atoms with Crippen LogP contribution in [0, 0.1) is 13.8 Å². The highest BCUT2D eigenvalue weighted by Gasteiger charge is 2.16. The van der Waals surface area contributed by atoms with Crippen LogP contribution < -0.4 is 10.6 Å². The molecule has 0 aromatic heterocycles. The van der Waals surface area contributed by atoms with E-state index in [2.05, 4.69) is 10.6 Å². The van der Waals surface area contributed by atoms with E-state index < -0.39 is 5.97 Å². The summed E-state index contributed by atoms with van der Waals surface area (Å²) in [6.45, 7) is 4.77. The number of aryl methyl sites for hydroxylation is 1. The van der Waals surface area contributed by atoms with Crippen LogP contribution in [0.2, 0.25) is 0 Å². The lowest BCUT2D eigenvalue weighted by molar-refractivity contribution is 0.0696. The van der Waals surface area contributed by atoms with E-state index in [-0.39, 0.29) is 17.7 Å². The molecule has 3 N–H and O–H groups in total. The lowest BCUT2D eigenvalue weighted by Crippen LogP contribution is -2.35. The number of carbonyl (C=O) groups is 2. The van der Waals surface area contributed by atoms with Gasteiger partial charge < -0.3 is 20.5 Å². The zero-order chi connectivity index (χ0) is 15.4. The topological polar surface area (TPSA) is 87.7 Å². The Morgan fingerprint density at radius 2 is 2.14 bits per heavy atom. The third-order valence-corrected chi connectivity index (χ3v) is 3.67. The summed E-state index contributed by atoms with van der Waals surface area (Å²) in [5.41, 5.74) is 2.20. The fourth-order valence-electron chi connectivity index (χ4n) is 2.34. The van der Waals surface area contributed by atoms with Crippen LogP contribution in [0.15, 0.2) is 12.1 Å². The van der Waals surface area contributed by atoms with Gasteiger partial charge in [0.25, 0.3) is 0 Å². The number of nitrogens with one attached hydrogen (secondary N) is 2. The van der Waals surface area contributed by atoms with E-state index in [9.17, 15) is 9.59 Å². The van der Waals surface area contributed by atoms with Gasteiger partial charge in [-0.1, -0.05) is 0 Å². The molecule has 114 valence electrons. The zero-order valence-corrected chi connectivity index (χ0v) is 12.2. The molecule has 6 heteroatoms. The molecule has 1 fully saturated rings. The second kappa shape index (κ2) is 6.58. The Morgan fingerprint density at radius 1 is 1.38 bits per heavy atom. The second-order valence-corrected chi connectivity index (χ2v) is 5.24. The van der Waals surface area contributed by atoms with Crippen molar-refractivity contribution in [3.8, 4) is 0 Å².